The van der Waals surface area contributed by atoms with Crippen molar-refractivity contribution < 1.29 is 0 Å². The Morgan fingerprint density at radius 2 is 2.33 bits per heavy atom. The van der Waals surface area contributed by atoms with Crippen LogP contribution in [0, 0.1) is 4.91 Å². The number of pyridine rings is 1. The van der Waals surface area contributed by atoms with E-state index in [0.29, 0.717) is 18.6 Å². The molecule has 1 saturated heterocycles. The molecule has 3 heterocycles. The van der Waals surface area contributed by atoms with Crippen molar-refractivity contribution in [2.24, 2.45) is 5.18 Å². The second-order valence-electron chi connectivity index (χ2n) is 5.23. The topological polar surface area (TPSA) is 45.6 Å². The van der Waals surface area contributed by atoms with Gasteiger partial charge >= 0.3 is 0 Å². The predicted octanol–water partition coefficient (Wildman–Crippen LogP) is 2.47. The van der Waals surface area contributed by atoms with Gasteiger partial charge in [-0.25, -0.2) is 0 Å². The van der Waals surface area contributed by atoms with Gasteiger partial charge in [0, 0.05) is 36.4 Å². The lowest BCUT2D eigenvalue weighted by Crippen LogP contribution is -2.39. The highest BCUT2D eigenvalue weighted by Crippen LogP contribution is 2.42. The van der Waals surface area contributed by atoms with Crippen LogP contribution in [-0.2, 0) is 12.8 Å². The number of aromatic nitrogens is 1. The third-order valence-corrected chi connectivity index (χ3v) is 4.31. The average Bonchev–Trinajstić information content (AvgIpc) is 2.69. The smallest absolute Gasteiger partial charge is 0.0938 e. The highest BCUT2D eigenvalue weighted by Gasteiger charge is 2.39. The van der Waals surface area contributed by atoms with Gasteiger partial charge < -0.3 is 0 Å². The molecule has 2 atom stereocenters. The monoisotopic (exact) mass is 245 g/mol. The highest BCUT2D eigenvalue weighted by molar-refractivity contribution is 5.32. The molecule has 2 unspecified atom stereocenters. The Hall–Kier alpha value is -1.29. The summed E-state index contributed by atoms with van der Waals surface area (Å²) in [5.41, 5.74) is 3.86. The Morgan fingerprint density at radius 1 is 1.44 bits per heavy atom. The molecular formula is C14H19N3O. The first kappa shape index (κ1) is 11.8. The molecule has 0 N–H and O–H groups in total. The second-order valence-corrected chi connectivity index (χ2v) is 5.23. The summed E-state index contributed by atoms with van der Waals surface area (Å²) in [5.74, 6) is 0. The summed E-state index contributed by atoms with van der Waals surface area (Å²) in [6.07, 6.45) is 4.46. The van der Waals surface area contributed by atoms with Crippen LogP contribution in [0.25, 0.3) is 0 Å². The van der Waals surface area contributed by atoms with Crippen molar-refractivity contribution in [2.75, 3.05) is 13.1 Å². The van der Waals surface area contributed by atoms with Crippen molar-refractivity contribution in [3.05, 3.63) is 34.0 Å². The molecule has 1 aromatic rings. The van der Waals surface area contributed by atoms with Crippen LogP contribution in [0.15, 0.2) is 17.3 Å². The highest BCUT2D eigenvalue weighted by atomic mass is 16.3. The van der Waals surface area contributed by atoms with Crippen LogP contribution in [-0.4, -0.2) is 29.0 Å². The molecule has 2 aliphatic heterocycles. The molecule has 2 bridgehead atoms. The maximum Gasteiger partial charge on any atom is 0.0938 e. The van der Waals surface area contributed by atoms with Gasteiger partial charge in [-0.1, -0.05) is 18.2 Å². The van der Waals surface area contributed by atoms with E-state index in [0.717, 1.165) is 19.4 Å². The van der Waals surface area contributed by atoms with Gasteiger partial charge in [0.1, 0.15) is 0 Å². The number of aryl methyl sites for hydroxylation is 1. The van der Waals surface area contributed by atoms with E-state index in [1.54, 1.807) is 0 Å². The first-order valence-corrected chi connectivity index (χ1v) is 6.87. The van der Waals surface area contributed by atoms with Gasteiger partial charge in [-0.3, -0.25) is 9.88 Å². The number of hydrogen-bond donors (Lipinski definition) is 0. The Bertz CT molecular complexity index is 460. The number of nitrogens with zero attached hydrogens (tertiary/aromatic N) is 3. The van der Waals surface area contributed by atoms with Gasteiger partial charge in [0.25, 0.3) is 0 Å². The molecule has 1 aromatic heterocycles. The summed E-state index contributed by atoms with van der Waals surface area (Å²) in [4.78, 5) is 17.6. The molecule has 3 rings (SSSR count). The van der Waals surface area contributed by atoms with E-state index < -0.39 is 0 Å². The fraction of sp³-hybridized carbons (Fsp3) is 0.643. The second kappa shape index (κ2) is 4.76. The summed E-state index contributed by atoms with van der Waals surface area (Å²) in [6.45, 7) is 3.35. The fourth-order valence-electron chi connectivity index (χ4n) is 3.43. The van der Waals surface area contributed by atoms with Crippen molar-refractivity contribution in [1.82, 2.24) is 9.88 Å². The standard InChI is InChI=1S/C14H19N3O/c1-2-10-3-5-12-13(16-10)9-11-4-6-14(12)17(11)8-7-15-18/h3,5,11,14H,2,4,6-9H2,1H3. The SMILES string of the molecule is CCc1ccc2c(n1)CC1CCC2N1CCN=O. The Kier molecular flexibility index (Phi) is 3.12. The van der Waals surface area contributed by atoms with Gasteiger partial charge in [0.2, 0.25) is 0 Å². The van der Waals surface area contributed by atoms with Crippen LogP contribution in [0.3, 0.4) is 0 Å². The zero-order chi connectivity index (χ0) is 12.5. The first-order chi connectivity index (χ1) is 8.83. The minimum Gasteiger partial charge on any atom is -0.291 e. The van der Waals surface area contributed by atoms with E-state index in [1.807, 2.05) is 0 Å². The lowest BCUT2D eigenvalue weighted by atomic mass is 9.97. The summed E-state index contributed by atoms with van der Waals surface area (Å²) in [6, 6.07) is 5.44. The first-order valence-electron chi connectivity index (χ1n) is 6.87. The third-order valence-electron chi connectivity index (χ3n) is 4.31. The quantitative estimate of drug-likeness (QED) is 0.765. The lowest BCUT2D eigenvalue weighted by molar-refractivity contribution is 0.181. The fourth-order valence-corrected chi connectivity index (χ4v) is 3.43. The van der Waals surface area contributed by atoms with E-state index in [1.165, 1.54) is 29.8 Å². The van der Waals surface area contributed by atoms with Crippen LogP contribution in [0.2, 0.25) is 0 Å². The molecule has 1 fully saturated rings. The maximum absolute atomic E-state index is 10.3. The lowest BCUT2D eigenvalue weighted by Gasteiger charge is -2.35. The number of hydrogen-bond acceptors (Lipinski definition) is 4. The molecule has 0 saturated carbocycles. The summed E-state index contributed by atoms with van der Waals surface area (Å²) in [7, 11) is 0. The molecule has 4 nitrogen and oxygen atoms in total. The average molecular weight is 245 g/mol. The van der Waals surface area contributed by atoms with Gasteiger partial charge in [-0.05, 0) is 30.9 Å². The molecule has 0 aromatic carbocycles. The van der Waals surface area contributed by atoms with E-state index in [9.17, 15) is 4.91 Å². The number of nitroso groups, excluding NO2 is 1. The van der Waals surface area contributed by atoms with Gasteiger partial charge in [0.15, 0.2) is 0 Å². The molecule has 0 spiro atoms. The largest absolute Gasteiger partial charge is 0.291 e. The van der Waals surface area contributed by atoms with Gasteiger partial charge in [-0.15, -0.1) is 0 Å². The minimum atomic E-state index is 0.406. The Balaban J connectivity index is 1.89. The molecule has 2 aliphatic rings. The van der Waals surface area contributed by atoms with Crippen LogP contribution in [0.1, 0.15) is 42.8 Å². The minimum absolute atomic E-state index is 0.406. The van der Waals surface area contributed by atoms with Crippen LogP contribution >= 0.6 is 0 Å². The molecule has 4 heteroatoms. The van der Waals surface area contributed by atoms with Gasteiger partial charge in [0.05, 0.1) is 6.54 Å². The number of rotatable bonds is 4. The molecular weight excluding hydrogens is 226 g/mol. The van der Waals surface area contributed by atoms with Crippen molar-refractivity contribution in [2.45, 2.75) is 44.7 Å². The zero-order valence-electron chi connectivity index (χ0n) is 10.8. The van der Waals surface area contributed by atoms with Crippen molar-refractivity contribution in [3.8, 4) is 0 Å². The maximum atomic E-state index is 10.3. The molecule has 0 amide bonds. The van der Waals surface area contributed by atoms with Crippen molar-refractivity contribution in [3.63, 3.8) is 0 Å². The molecule has 96 valence electrons. The van der Waals surface area contributed by atoms with Gasteiger partial charge in [-0.2, -0.15) is 4.91 Å². The van der Waals surface area contributed by atoms with Crippen LogP contribution < -0.4 is 0 Å². The summed E-state index contributed by atoms with van der Waals surface area (Å²) in [5, 5.41) is 3.00. The number of fused-ring (bicyclic) bond motifs is 4. The molecule has 0 radical (unpaired) electrons. The Morgan fingerprint density at radius 3 is 3.11 bits per heavy atom. The van der Waals surface area contributed by atoms with E-state index in [2.05, 4.69) is 29.1 Å². The predicted molar refractivity (Wildman–Crippen MR) is 70.5 cm³/mol. The van der Waals surface area contributed by atoms with E-state index in [4.69, 9.17) is 4.98 Å². The van der Waals surface area contributed by atoms with Crippen LogP contribution in [0.4, 0.5) is 0 Å². The summed E-state index contributed by atoms with van der Waals surface area (Å²) >= 11 is 0. The summed E-state index contributed by atoms with van der Waals surface area (Å²) < 4.78 is 0. The zero-order valence-corrected chi connectivity index (χ0v) is 10.8. The van der Waals surface area contributed by atoms with E-state index in [-0.39, 0.29) is 0 Å². The molecule has 18 heavy (non-hydrogen) atoms. The normalized spacial score (nSPS) is 26.1. The van der Waals surface area contributed by atoms with E-state index >= 15 is 0 Å². The van der Waals surface area contributed by atoms with Crippen LogP contribution in [0.5, 0.6) is 0 Å². The third kappa shape index (κ3) is 1.85. The molecule has 0 aliphatic carbocycles. The van der Waals surface area contributed by atoms with Crippen molar-refractivity contribution in [1.29, 1.82) is 0 Å². The Labute approximate surface area is 107 Å². The van der Waals surface area contributed by atoms with Crippen molar-refractivity contribution >= 4 is 0 Å².